The normalized spacial score (nSPS) is 9.55. The molecule has 0 atom stereocenters. The van der Waals surface area contributed by atoms with Crippen molar-refractivity contribution >= 4 is 0 Å². The van der Waals surface area contributed by atoms with E-state index in [2.05, 4.69) is 17.5 Å². The second-order valence-corrected chi connectivity index (χ2v) is 2.64. The smallest absolute Gasteiger partial charge is 0.0635 e. The van der Waals surface area contributed by atoms with E-state index in [4.69, 9.17) is 5.26 Å². The van der Waals surface area contributed by atoms with Gasteiger partial charge in [0, 0.05) is 13.0 Å². The summed E-state index contributed by atoms with van der Waals surface area (Å²) in [6.45, 7) is 5.59. The van der Waals surface area contributed by atoms with E-state index in [9.17, 15) is 0 Å². The molecule has 0 aliphatic rings. The minimum atomic E-state index is 0.630. The van der Waals surface area contributed by atoms with Gasteiger partial charge < -0.3 is 4.90 Å². The molecule has 0 fully saturated rings. The van der Waals surface area contributed by atoms with E-state index in [1.54, 1.807) is 0 Å². The summed E-state index contributed by atoms with van der Waals surface area (Å²) in [6.07, 6.45) is 4.77. The molecule has 0 amide bonds. The summed E-state index contributed by atoms with van der Waals surface area (Å²) in [6, 6.07) is 2.13. The maximum atomic E-state index is 8.29. The number of unbranched alkanes of at least 4 members (excludes halogenated alkanes) is 1. The lowest BCUT2D eigenvalue weighted by Gasteiger charge is -2.13. The number of rotatable bonds is 6. The third-order valence-corrected chi connectivity index (χ3v) is 1.55. The van der Waals surface area contributed by atoms with Gasteiger partial charge in [0.1, 0.15) is 0 Å². The van der Waals surface area contributed by atoms with Crippen molar-refractivity contribution in [1.29, 1.82) is 5.26 Å². The van der Waals surface area contributed by atoms with Gasteiger partial charge in [-0.1, -0.05) is 6.08 Å². The maximum Gasteiger partial charge on any atom is 0.0635 e. The molecular weight excluding hydrogens is 136 g/mol. The number of hydrogen-bond acceptors (Lipinski definition) is 2. The van der Waals surface area contributed by atoms with Gasteiger partial charge in [0.15, 0.2) is 0 Å². The van der Waals surface area contributed by atoms with Crippen LogP contribution in [0.2, 0.25) is 0 Å². The average Bonchev–Trinajstić information content (AvgIpc) is 2.01. The SMILES string of the molecule is C=CCCCN(C)CCC#N. The predicted octanol–water partition coefficient (Wildman–Crippen LogP) is 1.80. The van der Waals surface area contributed by atoms with E-state index < -0.39 is 0 Å². The first-order valence-corrected chi connectivity index (χ1v) is 3.97. The first-order chi connectivity index (χ1) is 5.31. The van der Waals surface area contributed by atoms with Crippen molar-refractivity contribution in [3.05, 3.63) is 12.7 Å². The third-order valence-electron chi connectivity index (χ3n) is 1.55. The zero-order valence-electron chi connectivity index (χ0n) is 7.21. The van der Waals surface area contributed by atoms with Crippen LogP contribution in [0, 0.1) is 11.3 Å². The Bertz CT molecular complexity index is 135. The highest BCUT2D eigenvalue weighted by Crippen LogP contribution is 1.93. The zero-order valence-corrected chi connectivity index (χ0v) is 7.21. The average molecular weight is 152 g/mol. The number of nitrogens with zero attached hydrogens (tertiary/aromatic N) is 2. The summed E-state index contributed by atoms with van der Waals surface area (Å²) in [4.78, 5) is 2.17. The van der Waals surface area contributed by atoms with Crippen molar-refractivity contribution in [3.8, 4) is 6.07 Å². The molecule has 0 saturated heterocycles. The minimum Gasteiger partial charge on any atom is -0.305 e. The van der Waals surface area contributed by atoms with Gasteiger partial charge in [-0.3, -0.25) is 0 Å². The summed E-state index contributed by atoms with van der Waals surface area (Å²) in [5.74, 6) is 0. The van der Waals surface area contributed by atoms with Crippen molar-refractivity contribution in [2.24, 2.45) is 0 Å². The van der Waals surface area contributed by atoms with Crippen LogP contribution in [0.4, 0.5) is 0 Å². The van der Waals surface area contributed by atoms with Crippen LogP contribution in [-0.4, -0.2) is 25.0 Å². The van der Waals surface area contributed by atoms with Crippen LogP contribution < -0.4 is 0 Å². The Morgan fingerprint density at radius 2 is 2.27 bits per heavy atom. The van der Waals surface area contributed by atoms with E-state index in [0.29, 0.717) is 6.42 Å². The van der Waals surface area contributed by atoms with Crippen LogP contribution >= 0.6 is 0 Å². The maximum absolute atomic E-state index is 8.29. The molecule has 62 valence electrons. The molecule has 0 aromatic carbocycles. The Labute approximate surface area is 69.1 Å². The predicted molar refractivity (Wildman–Crippen MR) is 47.2 cm³/mol. The molecule has 11 heavy (non-hydrogen) atoms. The highest BCUT2D eigenvalue weighted by Gasteiger charge is 1.94. The van der Waals surface area contributed by atoms with E-state index in [1.807, 2.05) is 13.1 Å². The van der Waals surface area contributed by atoms with Gasteiger partial charge in [-0.2, -0.15) is 5.26 Å². The van der Waals surface area contributed by atoms with Crippen LogP contribution in [0.15, 0.2) is 12.7 Å². The Kier molecular flexibility index (Phi) is 6.76. The molecule has 0 radical (unpaired) electrons. The fourth-order valence-electron chi connectivity index (χ4n) is 0.858. The van der Waals surface area contributed by atoms with Gasteiger partial charge in [0.25, 0.3) is 0 Å². The minimum absolute atomic E-state index is 0.630. The number of nitriles is 1. The Hall–Kier alpha value is -0.810. The van der Waals surface area contributed by atoms with Crippen LogP contribution in [-0.2, 0) is 0 Å². The molecule has 0 bridgehead atoms. The second-order valence-electron chi connectivity index (χ2n) is 2.64. The third kappa shape index (κ3) is 7.08. The van der Waals surface area contributed by atoms with Gasteiger partial charge in [0.2, 0.25) is 0 Å². The monoisotopic (exact) mass is 152 g/mol. The summed E-state index contributed by atoms with van der Waals surface area (Å²) < 4.78 is 0. The van der Waals surface area contributed by atoms with Crippen LogP contribution in [0.5, 0.6) is 0 Å². The lowest BCUT2D eigenvalue weighted by atomic mass is 10.3. The van der Waals surface area contributed by atoms with Gasteiger partial charge in [-0.15, -0.1) is 6.58 Å². The number of allylic oxidation sites excluding steroid dienone is 1. The van der Waals surface area contributed by atoms with Crippen molar-refractivity contribution < 1.29 is 0 Å². The molecule has 0 N–H and O–H groups in total. The molecule has 0 aromatic heterocycles. The summed E-state index contributed by atoms with van der Waals surface area (Å²) in [5, 5.41) is 8.29. The molecular formula is C9H16N2. The zero-order chi connectivity index (χ0) is 8.53. The van der Waals surface area contributed by atoms with Crippen LogP contribution in [0.25, 0.3) is 0 Å². The van der Waals surface area contributed by atoms with Crippen LogP contribution in [0.1, 0.15) is 19.3 Å². The van der Waals surface area contributed by atoms with Gasteiger partial charge in [-0.25, -0.2) is 0 Å². The summed E-state index contributed by atoms with van der Waals surface area (Å²) >= 11 is 0. The first kappa shape index (κ1) is 10.2. The lowest BCUT2D eigenvalue weighted by Crippen LogP contribution is -2.20. The van der Waals surface area contributed by atoms with E-state index >= 15 is 0 Å². The lowest BCUT2D eigenvalue weighted by molar-refractivity contribution is 0.338. The second kappa shape index (κ2) is 7.30. The van der Waals surface area contributed by atoms with Crippen LogP contribution in [0.3, 0.4) is 0 Å². The van der Waals surface area contributed by atoms with Crippen molar-refractivity contribution in [2.45, 2.75) is 19.3 Å². The van der Waals surface area contributed by atoms with Crippen molar-refractivity contribution in [3.63, 3.8) is 0 Å². The highest BCUT2D eigenvalue weighted by atomic mass is 15.1. The molecule has 2 heteroatoms. The first-order valence-electron chi connectivity index (χ1n) is 3.97. The molecule has 0 aliphatic carbocycles. The summed E-state index contributed by atoms with van der Waals surface area (Å²) in [5.41, 5.74) is 0. The van der Waals surface area contributed by atoms with E-state index in [0.717, 1.165) is 25.9 Å². The van der Waals surface area contributed by atoms with Gasteiger partial charge in [0.05, 0.1) is 6.07 Å². The molecule has 0 heterocycles. The molecule has 0 spiro atoms. The fourth-order valence-corrected chi connectivity index (χ4v) is 0.858. The molecule has 0 aromatic rings. The summed E-state index contributed by atoms with van der Waals surface area (Å²) in [7, 11) is 2.04. The highest BCUT2D eigenvalue weighted by molar-refractivity contribution is 4.72. The molecule has 0 rings (SSSR count). The standard InChI is InChI=1S/C9H16N2/c1-3-4-5-8-11(2)9-6-7-10/h3H,1,4-6,8-9H2,2H3. The molecule has 2 nitrogen and oxygen atoms in total. The Balaban J connectivity index is 3.16. The van der Waals surface area contributed by atoms with Crippen molar-refractivity contribution in [2.75, 3.05) is 20.1 Å². The fraction of sp³-hybridized carbons (Fsp3) is 0.667. The largest absolute Gasteiger partial charge is 0.305 e. The quantitative estimate of drug-likeness (QED) is 0.428. The molecule has 0 aliphatic heterocycles. The van der Waals surface area contributed by atoms with E-state index in [1.165, 1.54) is 0 Å². The Morgan fingerprint density at radius 3 is 2.82 bits per heavy atom. The number of hydrogen-bond donors (Lipinski definition) is 0. The van der Waals surface area contributed by atoms with Gasteiger partial charge in [-0.05, 0) is 26.4 Å². The van der Waals surface area contributed by atoms with Crippen molar-refractivity contribution in [1.82, 2.24) is 4.90 Å². The topological polar surface area (TPSA) is 27.0 Å². The van der Waals surface area contributed by atoms with Gasteiger partial charge >= 0.3 is 0 Å². The van der Waals surface area contributed by atoms with E-state index in [-0.39, 0.29) is 0 Å². The Morgan fingerprint density at radius 1 is 1.55 bits per heavy atom. The molecule has 0 saturated carbocycles. The molecule has 0 unspecified atom stereocenters.